The molecule has 2 nitrogen and oxygen atoms in total. The highest BCUT2D eigenvalue weighted by atomic mass is 16.3. The summed E-state index contributed by atoms with van der Waals surface area (Å²) in [5.74, 6) is 3.03. The van der Waals surface area contributed by atoms with Crippen molar-refractivity contribution in [2.24, 2.45) is 23.2 Å². The summed E-state index contributed by atoms with van der Waals surface area (Å²) < 4.78 is 0. The number of aliphatic hydroxyl groups excluding tert-OH is 1. The smallest absolute Gasteiger partial charge is 0.0540 e. The Morgan fingerprint density at radius 1 is 1.11 bits per heavy atom. The van der Waals surface area contributed by atoms with E-state index in [4.69, 9.17) is 0 Å². The van der Waals surface area contributed by atoms with Crippen LogP contribution in [0.4, 0.5) is 0 Å². The van der Waals surface area contributed by atoms with Crippen LogP contribution in [-0.4, -0.2) is 24.3 Å². The first-order valence-electron chi connectivity index (χ1n) is 8.12. The highest BCUT2D eigenvalue weighted by molar-refractivity contribution is 5.01. The van der Waals surface area contributed by atoms with Gasteiger partial charge in [0, 0.05) is 6.54 Å². The van der Waals surface area contributed by atoms with Gasteiger partial charge in [-0.1, -0.05) is 13.3 Å². The maximum atomic E-state index is 9.82. The van der Waals surface area contributed by atoms with E-state index in [0.29, 0.717) is 5.41 Å². The third kappa shape index (κ3) is 2.22. The van der Waals surface area contributed by atoms with Crippen LogP contribution in [0.25, 0.3) is 0 Å². The van der Waals surface area contributed by atoms with Crippen LogP contribution in [-0.2, 0) is 0 Å². The topological polar surface area (TPSA) is 32.3 Å². The summed E-state index contributed by atoms with van der Waals surface area (Å²) in [7, 11) is 0. The average Bonchev–Trinajstić information content (AvgIpc) is 3.01. The van der Waals surface area contributed by atoms with E-state index < -0.39 is 0 Å². The summed E-state index contributed by atoms with van der Waals surface area (Å²) in [4.78, 5) is 0. The Morgan fingerprint density at radius 3 is 2.44 bits per heavy atom. The monoisotopic (exact) mass is 251 g/mol. The van der Waals surface area contributed by atoms with Gasteiger partial charge in [-0.25, -0.2) is 0 Å². The van der Waals surface area contributed by atoms with E-state index in [0.717, 1.165) is 37.1 Å². The van der Waals surface area contributed by atoms with Crippen LogP contribution in [0.1, 0.15) is 58.3 Å². The fourth-order valence-corrected chi connectivity index (χ4v) is 5.22. The number of hydrogen-bond donors (Lipinski definition) is 2. The van der Waals surface area contributed by atoms with E-state index in [1.807, 2.05) is 0 Å². The minimum Gasteiger partial charge on any atom is -0.393 e. The van der Waals surface area contributed by atoms with E-state index >= 15 is 0 Å². The second-order valence-electron chi connectivity index (χ2n) is 7.16. The minimum absolute atomic E-state index is 0.0154. The van der Waals surface area contributed by atoms with Gasteiger partial charge in [-0.3, -0.25) is 0 Å². The predicted octanol–water partition coefficient (Wildman–Crippen LogP) is 2.95. The molecule has 0 amide bonds. The van der Waals surface area contributed by atoms with E-state index in [9.17, 15) is 5.11 Å². The van der Waals surface area contributed by atoms with Gasteiger partial charge in [-0.15, -0.1) is 0 Å². The molecule has 3 aliphatic rings. The van der Waals surface area contributed by atoms with Crippen LogP contribution in [0, 0.1) is 23.2 Å². The molecule has 2 N–H and O–H groups in total. The quantitative estimate of drug-likeness (QED) is 0.805. The molecule has 0 aliphatic heterocycles. The molecule has 104 valence electrons. The number of fused-ring (bicyclic) bond motifs is 2. The largest absolute Gasteiger partial charge is 0.393 e. The lowest BCUT2D eigenvalue weighted by Crippen LogP contribution is -2.45. The first-order valence-corrected chi connectivity index (χ1v) is 8.12. The lowest BCUT2D eigenvalue weighted by Gasteiger charge is -2.47. The van der Waals surface area contributed by atoms with Crippen molar-refractivity contribution in [3.05, 3.63) is 0 Å². The van der Waals surface area contributed by atoms with Crippen molar-refractivity contribution in [2.45, 2.75) is 64.4 Å². The molecule has 3 atom stereocenters. The van der Waals surface area contributed by atoms with Crippen LogP contribution in [0.15, 0.2) is 0 Å². The van der Waals surface area contributed by atoms with Gasteiger partial charge in [-0.2, -0.15) is 0 Å². The summed E-state index contributed by atoms with van der Waals surface area (Å²) >= 11 is 0. The second-order valence-corrected chi connectivity index (χ2v) is 7.16. The average molecular weight is 251 g/mol. The van der Waals surface area contributed by atoms with Crippen LogP contribution in [0.2, 0.25) is 0 Å². The summed E-state index contributed by atoms with van der Waals surface area (Å²) in [5.41, 5.74) is 0.523. The molecule has 0 aromatic rings. The zero-order chi connectivity index (χ0) is 12.6. The van der Waals surface area contributed by atoms with Crippen molar-refractivity contribution in [2.75, 3.05) is 13.1 Å². The molecule has 3 aliphatic carbocycles. The molecule has 18 heavy (non-hydrogen) atoms. The van der Waals surface area contributed by atoms with Gasteiger partial charge >= 0.3 is 0 Å². The van der Waals surface area contributed by atoms with Gasteiger partial charge in [0.15, 0.2) is 0 Å². The number of nitrogens with one attached hydrogen (secondary N) is 1. The first kappa shape index (κ1) is 12.9. The second kappa shape index (κ2) is 5.13. The van der Waals surface area contributed by atoms with Gasteiger partial charge in [0.2, 0.25) is 0 Å². The molecule has 0 radical (unpaired) electrons. The Morgan fingerprint density at radius 2 is 1.89 bits per heavy atom. The number of hydrogen-bond acceptors (Lipinski definition) is 2. The normalized spacial score (nSPS) is 47.7. The molecule has 0 aromatic heterocycles. The van der Waals surface area contributed by atoms with E-state index in [-0.39, 0.29) is 6.10 Å². The Balaban J connectivity index is 1.72. The predicted molar refractivity (Wildman–Crippen MR) is 74.4 cm³/mol. The number of rotatable bonds is 4. The third-order valence-electron chi connectivity index (χ3n) is 6.20. The highest BCUT2D eigenvalue weighted by Crippen LogP contribution is 2.58. The molecule has 0 aromatic carbocycles. The lowest BCUT2D eigenvalue weighted by molar-refractivity contribution is 0.00481. The molecule has 2 bridgehead atoms. The summed E-state index contributed by atoms with van der Waals surface area (Å²) in [6.45, 7) is 4.50. The summed E-state index contributed by atoms with van der Waals surface area (Å²) in [6.07, 6.45) is 10.6. The molecule has 0 saturated heterocycles. The van der Waals surface area contributed by atoms with Crippen LogP contribution < -0.4 is 5.32 Å². The molecule has 3 rings (SSSR count). The van der Waals surface area contributed by atoms with Gasteiger partial charge in [0.25, 0.3) is 0 Å². The molecule has 2 heteroatoms. The fourth-order valence-electron chi connectivity index (χ4n) is 5.22. The third-order valence-corrected chi connectivity index (χ3v) is 6.20. The van der Waals surface area contributed by atoms with Gasteiger partial charge in [0.1, 0.15) is 0 Å². The van der Waals surface area contributed by atoms with Crippen molar-refractivity contribution in [3.63, 3.8) is 0 Å². The molecule has 3 fully saturated rings. The maximum Gasteiger partial charge on any atom is 0.0540 e. The van der Waals surface area contributed by atoms with E-state index in [1.165, 1.54) is 45.1 Å². The molecule has 3 saturated carbocycles. The zero-order valence-corrected chi connectivity index (χ0v) is 11.8. The Kier molecular flexibility index (Phi) is 3.68. The maximum absolute atomic E-state index is 9.82. The molecular formula is C16H29NO. The SMILES string of the molecule is CCNCC1(C2CC3CCC2C3)CCC(O)CC1. The Bertz CT molecular complexity index is 277. The van der Waals surface area contributed by atoms with Crippen molar-refractivity contribution in [1.82, 2.24) is 5.32 Å². The van der Waals surface area contributed by atoms with Crippen molar-refractivity contribution in [1.29, 1.82) is 0 Å². The minimum atomic E-state index is -0.0154. The Labute approximate surface area is 112 Å². The van der Waals surface area contributed by atoms with Crippen molar-refractivity contribution in [3.8, 4) is 0 Å². The first-order chi connectivity index (χ1) is 8.73. The van der Waals surface area contributed by atoms with Crippen molar-refractivity contribution >= 4 is 0 Å². The van der Waals surface area contributed by atoms with E-state index in [1.54, 1.807) is 0 Å². The molecular weight excluding hydrogens is 222 g/mol. The van der Waals surface area contributed by atoms with Crippen LogP contribution in [0.3, 0.4) is 0 Å². The fraction of sp³-hybridized carbons (Fsp3) is 1.00. The molecule has 3 unspecified atom stereocenters. The zero-order valence-electron chi connectivity index (χ0n) is 11.8. The standard InChI is InChI=1S/C16H29NO/c1-2-17-11-16(7-5-14(18)6-8-16)15-10-12-3-4-13(15)9-12/h12-15,17-18H,2-11H2,1H3. The number of aliphatic hydroxyl groups is 1. The Hall–Kier alpha value is -0.0800. The molecule has 0 spiro atoms. The summed E-state index contributed by atoms with van der Waals surface area (Å²) in [5, 5.41) is 13.4. The van der Waals surface area contributed by atoms with Gasteiger partial charge < -0.3 is 10.4 Å². The van der Waals surface area contributed by atoms with Crippen molar-refractivity contribution < 1.29 is 5.11 Å². The highest BCUT2D eigenvalue weighted by Gasteiger charge is 2.50. The van der Waals surface area contributed by atoms with Crippen LogP contribution in [0.5, 0.6) is 0 Å². The summed E-state index contributed by atoms with van der Waals surface area (Å²) in [6, 6.07) is 0. The van der Waals surface area contributed by atoms with Gasteiger partial charge in [-0.05, 0) is 74.7 Å². The molecule has 0 heterocycles. The lowest BCUT2D eigenvalue weighted by atomic mass is 9.60. The van der Waals surface area contributed by atoms with E-state index in [2.05, 4.69) is 12.2 Å². The van der Waals surface area contributed by atoms with Crippen LogP contribution >= 0.6 is 0 Å². The van der Waals surface area contributed by atoms with Gasteiger partial charge in [0.05, 0.1) is 6.10 Å².